The first-order chi connectivity index (χ1) is 14.2. The van der Waals surface area contributed by atoms with Crippen LogP contribution in [0.4, 0.5) is 10.1 Å². The van der Waals surface area contributed by atoms with Gasteiger partial charge in [-0.25, -0.2) is 17.5 Å². The highest BCUT2D eigenvalue weighted by Gasteiger charge is 2.34. The van der Waals surface area contributed by atoms with Gasteiger partial charge in [0.2, 0.25) is 10.0 Å². The Morgan fingerprint density at radius 3 is 2.87 bits per heavy atom. The summed E-state index contributed by atoms with van der Waals surface area (Å²) in [5.74, 6) is 3.78. The normalized spacial score (nSPS) is 18.2. The Bertz CT molecular complexity index is 1220. The van der Waals surface area contributed by atoms with Crippen LogP contribution in [0.2, 0.25) is 0 Å². The first-order valence-electron chi connectivity index (χ1n) is 8.99. The lowest BCUT2D eigenvalue weighted by Gasteiger charge is -2.17. The van der Waals surface area contributed by atoms with Crippen LogP contribution in [-0.2, 0) is 23.5 Å². The average molecular weight is 430 g/mol. The molecule has 2 aromatic rings. The number of amides is 1. The number of benzene rings is 1. The van der Waals surface area contributed by atoms with Crippen molar-refractivity contribution in [3.63, 3.8) is 0 Å². The second kappa shape index (κ2) is 8.28. The van der Waals surface area contributed by atoms with Gasteiger partial charge in [-0.05, 0) is 38.0 Å². The van der Waals surface area contributed by atoms with Crippen molar-refractivity contribution in [3.8, 4) is 17.9 Å². The van der Waals surface area contributed by atoms with Crippen LogP contribution in [0.25, 0.3) is 0 Å². The van der Waals surface area contributed by atoms with Crippen molar-refractivity contribution in [2.45, 2.75) is 36.8 Å². The molecule has 10 heteroatoms. The molecule has 3 rings (SSSR count). The topological polar surface area (TPSA) is 124 Å². The van der Waals surface area contributed by atoms with E-state index in [0.717, 1.165) is 6.07 Å². The average Bonchev–Trinajstić information content (AvgIpc) is 2.97. The predicted octanol–water partition coefficient (Wildman–Crippen LogP) is 1.27. The molecule has 0 saturated carbocycles. The number of hydrogen-bond acceptors (Lipinski definition) is 5. The van der Waals surface area contributed by atoms with Gasteiger partial charge in [-0.15, -0.1) is 5.92 Å². The summed E-state index contributed by atoms with van der Waals surface area (Å²) in [6.07, 6.45) is 0.605. The van der Waals surface area contributed by atoms with Gasteiger partial charge in [0.1, 0.15) is 28.6 Å². The van der Waals surface area contributed by atoms with Gasteiger partial charge in [0.25, 0.3) is 5.91 Å². The number of nitrogens with one attached hydrogen (secondary N) is 2. The first-order valence-corrected chi connectivity index (χ1v) is 10.5. The van der Waals surface area contributed by atoms with Gasteiger partial charge in [-0.2, -0.15) is 5.26 Å². The van der Waals surface area contributed by atoms with Crippen LogP contribution < -0.4 is 10.0 Å². The van der Waals surface area contributed by atoms with Crippen molar-refractivity contribution >= 4 is 21.6 Å². The number of sulfonamides is 1. The minimum atomic E-state index is -3.99. The summed E-state index contributed by atoms with van der Waals surface area (Å²) in [6, 6.07) is 4.45. The van der Waals surface area contributed by atoms with Gasteiger partial charge in [-0.3, -0.25) is 4.79 Å². The number of nitrogens with zero attached hydrogens (tertiary/aromatic N) is 2. The molecule has 1 aliphatic heterocycles. The van der Waals surface area contributed by atoms with E-state index < -0.39 is 33.9 Å². The minimum absolute atomic E-state index is 0.0499. The second-order valence-corrected chi connectivity index (χ2v) is 8.48. The third kappa shape index (κ3) is 4.07. The number of aliphatic hydroxyl groups excluding tert-OH is 1. The molecule has 0 spiro atoms. The summed E-state index contributed by atoms with van der Waals surface area (Å²) in [4.78, 5) is 12.8. The molecule has 0 bridgehead atoms. The third-order valence-corrected chi connectivity index (χ3v) is 6.33. The van der Waals surface area contributed by atoms with Gasteiger partial charge in [0, 0.05) is 24.5 Å². The lowest BCUT2D eigenvalue weighted by atomic mass is 10.0. The number of halogens is 1. The van der Waals surface area contributed by atoms with Crippen molar-refractivity contribution in [3.05, 3.63) is 47.0 Å². The molecule has 30 heavy (non-hydrogen) atoms. The van der Waals surface area contributed by atoms with E-state index in [-0.39, 0.29) is 34.7 Å². The summed E-state index contributed by atoms with van der Waals surface area (Å²) in [7, 11) is -2.45. The van der Waals surface area contributed by atoms with E-state index in [9.17, 15) is 22.7 Å². The van der Waals surface area contributed by atoms with Crippen LogP contribution in [0, 0.1) is 29.0 Å². The van der Waals surface area contributed by atoms with Crippen molar-refractivity contribution in [2.75, 3.05) is 5.32 Å². The highest BCUT2D eigenvalue weighted by molar-refractivity contribution is 7.89. The Morgan fingerprint density at radius 1 is 1.47 bits per heavy atom. The van der Waals surface area contributed by atoms with Crippen molar-refractivity contribution in [1.29, 1.82) is 5.26 Å². The summed E-state index contributed by atoms with van der Waals surface area (Å²) < 4.78 is 42.9. The molecule has 0 fully saturated rings. The van der Waals surface area contributed by atoms with Gasteiger partial charge in [-0.1, -0.05) is 5.92 Å². The second-order valence-electron chi connectivity index (χ2n) is 6.80. The quantitative estimate of drug-likeness (QED) is 0.633. The van der Waals surface area contributed by atoms with E-state index in [1.54, 1.807) is 20.0 Å². The number of carbonyl (C=O) groups excluding carboxylic acids is 1. The molecule has 1 aliphatic rings. The fourth-order valence-corrected chi connectivity index (χ4v) is 4.98. The fraction of sp³-hybridized carbons (Fsp3) is 0.300. The van der Waals surface area contributed by atoms with Crippen molar-refractivity contribution in [1.82, 2.24) is 9.29 Å². The molecule has 3 N–H and O–H groups in total. The van der Waals surface area contributed by atoms with Gasteiger partial charge < -0.3 is 15.0 Å². The van der Waals surface area contributed by atoms with Crippen LogP contribution in [0.15, 0.2) is 29.3 Å². The lowest BCUT2D eigenvalue weighted by Crippen LogP contribution is -2.41. The number of nitriles is 1. The molecule has 2 atom stereocenters. The number of carbonyl (C=O) groups is 1. The molecule has 1 aromatic carbocycles. The molecule has 1 amide bonds. The molecule has 1 aromatic heterocycles. The smallest absolute Gasteiger partial charge is 0.272 e. The molecule has 0 saturated heterocycles. The zero-order valence-electron chi connectivity index (χ0n) is 16.2. The number of anilines is 1. The monoisotopic (exact) mass is 430 g/mol. The largest absolute Gasteiger partial charge is 0.379 e. The molecule has 8 nitrogen and oxygen atoms in total. The van der Waals surface area contributed by atoms with Crippen LogP contribution in [0.3, 0.4) is 0 Å². The first kappa shape index (κ1) is 21.5. The number of rotatable bonds is 3. The molecular formula is C20H19FN4O4S. The summed E-state index contributed by atoms with van der Waals surface area (Å²) >= 11 is 0. The Kier molecular flexibility index (Phi) is 5.94. The molecule has 2 heterocycles. The summed E-state index contributed by atoms with van der Waals surface area (Å²) in [6.45, 7) is 1.54. The zero-order chi connectivity index (χ0) is 22.1. The molecular weight excluding hydrogens is 411 g/mol. The molecule has 156 valence electrons. The van der Waals surface area contributed by atoms with Crippen LogP contribution >= 0.6 is 0 Å². The summed E-state index contributed by atoms with van der Waals surface area (Å²) in [5, 5.41) is 21.6. The maximum Gasteiger partial charge on any atom is 0.272 e. The molecule has 0 aliphatic carbocycles. The standard InChI is InChI=1S/C20H19FN4O4S/c1-3-4-17(26)16-8-6-14-18(30(28,29)24-16)11-25(2)19(14)20(27)23-13-5-7-15(21)12(9-13)10-22/h5,7,9,11,16-17,24,26H,6,8H2,1-2H3,(H,23,27). The summed E-state index contributed by atoms with van der Waals surface area (Å²) in [5.41, 5.74) is 0.410. The number of aliphatic hydroxyl groups is 1. The Hall–Kier alpha value is -3.18. The third-order valence-electron chi connectivity index (χ3n) is 4.78. The van der Waals surface area contributed by atoms with E-state index in [2.05, 4.69) is 21.9 Å². The van der Waals surface area contributed by atoms with Crippen LogP contribution in [-0.4, -0.2) is 36.1 Å². The maximum absolute atomic E-state index is 13.5. The van der Waals surface area contributed by atoms with Crippen molar-refractivity contribution in [2.24, 2.45) is 7.05 Å². The number of fused-ring (bicyclic) bond motifs is 1. The van der Waals surface area contributed by atoms with E-state index in [1.807, 2.05) is 0 Å². The van der Waals surface area contributed by atoms with Crippen LogP contribution in [0.5, 0.6) is 0 Å². The molecule has 0 radical (unpaired) electrons. The Morgan fingerprint density at radius 2 is 2.20 bits per heavy atom. The van der Waals surface area contributed by atoms with E-state index in [0.29, 0.717) is 5.56 Å². The van der Waals surface area contributed by atoms with E-state index in [4.69, 9.17) is 5.26 Å². The highest BCUT2D eigenvalue weighted by Crippen LogP contribution is 2.28. The Balaban J connectivity index is 1.96. The SMILES string of the molecule is CC#CC(O)C1CCc2c(cn(C)c2C(=O)Nc2ccc(F)c(C#N)c2)S(=O)(=O)N1. The van der Waals surface area contributed by atoms with Gasteiger partial charge in [0.15, 0.2) is 0 Å². The number of aromatic nitrogens is 1. The minimum Gasteiger partial charge on any atom is -0.379 e. The zero-order valence-corrected chi connectivity index (χ0v) is 17.0. The van der Waals surface area contributed by atoms with Gasteiger partial charge in [0.05, 0.1) is 11.6 Å². The van der Waals surface area contributed by atoms with Crippen LogP contribution in [0.1, 0.15) is 35.0 Å². The Labute approximate surface area is 173 Å². The van der Waals surface area contributed by atoms with E-state index >= 15 is 0 Å². The van der Waals surface area contributed by atoms with E-state index in [1.165, 1.54) is 22.9 Å². The fourth-order valence-electron chi connectivity index (χ4n) is 3.39. The predicted molar refractivity (Wildman–Crippen MR) is 106 cm³/mol. The molecule has 2 unspecified atom stereocenters. The van der Waals surface area contributed by atoms with Gasteiger partial charge >= 0.3 is 0 Å². The highest BCUT2D eigenvalue weighted by atomic mass is 32.2. The lowest BCUT2D eigenvalue weighted by molar-refractivity contribution is 0.101. The number of aryl methyl sites for hydroxylation is 1. The number of hydrogen-bond donors (Lipinski definition) is 3. The van der Waals surface area contributed by atoms with Crippen molar-refractivity contribution < 1.29 is 22.7 Å². The maximum atomic E-state index is 13.5.